The minimum absolute atomic E-state index is 0.0720. The Balaban J connectivity index is 1.81. The second-order valence-electron chi connectivity index (χ2n) is 10.7. The van der Waals surface area contributed by atoms with Gasteiger partial charge >= 0.3 is 5.97 Å². The molecule has 156 valence electrons. The van der Waals surface area contributed by atoms with Gasteiger partial charge in [0, 0.05) is 0 Å². The molecule has 27 heavy (non-hydrogen) atoms. The maximum absolute atomic E-state index is 12.7. The van der Waals surface area contributed by atoms with Gasteiger partial charge in [-0.15, -0.1) is 0 Å². The molecule has 3 saturated carbocycles. The van der Waals surface area contributed by atoms with Gasteiger partial charge < -0.3 is 5.11 Å². The van der Waals surface area contributed by atoms with E-state index >= 15 is 0 Å². The van der Waals surface area contributed by atoms with Crippen molar-refractivity contribution in [1.29, 1.82) is 0 Å². The largest absolute Gasteiger partial charge is 0.481 e. The monoisotopic (exact) mass is 376 g/mol. The maximum atomic E-state index is 12.7. The summed E-state index contributed by atoms with van der Waals surface area (Å²) in [5, 5.41) is 10.4. The summed E-state index contributed by atoms with van der Waals surface area (Å²) < 4.78 is 0. The molecule has 0 aliphatic heterocycles. The second-order valence-corrected chi connectivity index (χ2v) is 10.7. The van der Waals surface area contributed by atoms with E-state index in [1.807, 2.05) is 0 Å². The van der Waals surface area contributed by atoms with Gasteiger partial charge in [0.15, 0.2) is 0 Å². The quantitative estimate of drug-likeness (QED) is 0.461. The van der Waals surface area contributed by atoms with Crippen molar-refractivity contribution in [1.82, 2.24) is 0 Å². The molecule has 0 aromatic heterocycles. The lowest BCUT2D eigenvalue weighted by Crippen LogP contribution is -2.52. The zero-order chi connectivity index (χ0) is 19.4. The zero-order valence-electron chi connectivity index (χ0n) is 18.2. The van der Waals surface area contributed by atoms with Crippen molar-refractivity contribution < 1.29 is 9.90 Å². The highest BCUT2D eigenvalue weighted by Crippen LogP contribution is 2.63. The molecule has 0 amide bonds. The first-order valence-corrected chi connectivity index (χ1v) is 12.2. The van der Waals surface area contributed by atoms with Gasteiger partial charge in [0.1, 0.15) is 0 Å². The number of hydrogen-bond acceptors (Lipinski definition) is 1. The molecule has 0 radical (unpaired) electrons. The van der Waals surface area contributed by atoms with Crippen molar-refractivity contribution in [3.8, 4) is 0 Å². The van der Waals surface area contributed by atoms with Crippen LogP contribution in [0, 0.1) is 22.2 Å². The van der Waals surface area contributed by atoms with Crippen molar-refractivity contribution in [3.63, 3.8) is 0 Å². The number of carbonyl (C=O) groups is 1. The molecule has 0 saturated heterocycles. The van der Waals surface area contributed by atoms with Crippen LogP contribution in [0.3, 0.4) is 0 Å². The molecule has 2 heteroatoms. The molecule has 0 spiro atoms. The van der Waals surface area contributed by atoms with Gasteiger partial charge in [-0.3, -0.25) is 4.79 Å². The first kappa shape index (κ1) is 21.2. The Labute approximate surface area is 167 Å². The third kappa shape index (κ3) is 4.10. The van der Waals surface area contributed by atoms with Crippen molar-refractivity contribution >= 4 is 5.97 Å². The lowest BCUT2D eigenvalue weighted by atomic mass is 9.47. The average Bonchev–Trinajstić information content (AvgIpc) is 2.71. The lowest BCUT2D eigenvalue weighted by Gasteiger charge is -2.57. The fourth-order valence-electron chi connectivity index (χ4n) is 7.32. The van der Waals surface area contributed by atoms with E-state index in [1.54, 1.807) is 0 Å². The summed E-state index contributed by atoms with van der Waals surface area (Å²) in [5.74, 6) is 0.437. The van der Waals surface area contributed by atoms with E-state index in [0.29, 0.717) is 5.41 Å². The Morgan fingerprint density at radius 2 is 1.44 bits per heavy atom. The molecule has 0 heterocycles. The highest BCUT2D eigenvalue weighted by Gasteiger charge is 2.58. The van der Waals surface area contributed by atoms with Gasteiger partial charge in [-0.25, -0.2) is 0 Å². The summed E-state index contributed by atoms with van der Waals surface area (Å²) in [4.78, 5) is 12.7. The molecule has 0 bridgehead atoms. The third-order valence-electron chi connectivity index (χ3n) is 9.33. The van der Waals surface area contributed by atoms with E-state index in [-0.39, 0.29) is 5.41 Å². The first-order valence-electron chi connectivity index (χ1n) is 12.2. The molecule has 0 atom stereocenters. The molecular formula is C25H44O2. The van der Waals surface area contributed by atoms with E-state index < -0.39 is 11.4 Å². The SMILES string of the molecule is CCCCCC1(C2(C(=O)O)CCCCC2)CCC(C)(C2CCCCC2)CC1. The molecule has 3 aliphatic rings. The molecule has 1 N–H and O–H groups in total. The summed E-state index contributed by atoms with van der Waals surface area (Å²) >= 11 is 0. The van der Waals surface area contributed by atoms with Crippen LogP contribution in [-0.4, -0.2) is 11.1 Å². The minimum atomic E-state index is -0.458. The van der Waals surface area contributed by atoms with Crippen LogP contribution in [0.25, 0.3) is 0 Å². The summed E-state index contributed by atoms with van der Waals surface area (Å²) in [6.07, 6.45) is 22.3. The van der Waals surface area contributed by atoms with Crippen LogP contribution in [0.2, 0.25) is 0 Å². The number of carboxylic acids is 1. The van der Waals surface area contributed by atoms with E-state index in [4.69, 9.17) is 0 Å². The fourth-order valence-corrected chi connectivity index (χ4v) is 7.32. The Bertz CT molecular complexity index is 475. The number of hydrogen-bond donors (Lipinski definition) is 1. The molecule has 0 aromatic rings. The molecule has 0 unspecified atom stereocenters. The first-order chi connectivity index (χ1) is 13.0. The Morgan fingerprint density at radius 1 is 0.852 bits per heavy atom. The van der Waals surface area contributed by atoms with E-state index in [9.17, 15) is 9.90 Å². The fraction of sp³-hybridized carbons (Fsp3) is 0.960. The van der Waals surface area contributed by atoms with Gasteiger partial charge in [0.2, 0.25) is 0 Å². The molecule has 2 nitrogen and oxygen atoms in total. The number of aliphatic carboxylic acids is 1. The molecule has 3 fully saturated rings. The summed E-state index contributed by atoms with van der Waals surface area (Å²) in [7, 11) is 0. The smallest absolute Gasteiger partial charge is 0.310 e. The van der Waals surface area contributed by atoms with Crippen LogP contribution in [0.5, 0.6) is 0 Å². The summed E-state index contributed by atoms with van der Waals surface area (Å²) in [5.41, 5.74) is 0.124. The van der Waals surface area contributed by atoms with Crippen LogP contribution in [0.4, 0.5) is 0 Å². The van der Waals surface area contributed by atoms with Gasteiger partial charge in [0.05, 0.1) is 5.41 Å². The summed E-state index contributed by atoms with van der Waals surface area (Å²) in [6, 6.07) is 0. The van der Waals surface area contributed by atoms with Crippen LogP contribution in [0.1, 0.15) is 129 Å². The minimum Gasteiger partial charge on any atom is -0.481 e. The predicted molar refractivity (Wildman–Crippen MR) is 113 cm³/mol. The van der Waals surface area contributed by atoms with E-state index in [0.717, 1.165) is 38.0 Å². The molecule has 3 rings (SSSR count). The maximum Gasteiger partial charge on any atom is 0.310 e. The predicted octanol–water partition coefficient (Wildman–Crippen LogP) is 7.75. The molecular weight excluding hydrogens is 332 g/mol. The van der Waals surface area contributed by atoms with Crippen LogP contribution in [0.15, 0.2) is 0 Å². The number of carboxylic acid groups (broad SMARTS) is 1. The summed E-state index contributed by atoms with van der Waals surface area (Å²) in [6.45, 7) is 4.81. The third-order valence-corrected chi connectivity index (χ3v) is 9.33. The number of unbranched alkanes of at least 4 members (excludes halogenated alkanes) is 2. The van der Waals surface area contributed by atoms with Crippen LogP contribution < -0.4 is 0 Å². The molecule has 0 aromatic carbocycles. The topological polar surface area (TPSA) is 37.3 Å². The average molecular weight is 377 g/mol. The van der Waals surface area contributed by atoms with E-state index in [1.165, 1.54) is 83.5 Å². The normalized spacial score (nSPS) is 35.0. The Morgan fingerprint density at radius 3 is 2.00 bits per heavy atom. The standard InChI is InChI=1S/C25H44O2/c1-3-4-9-14-24(25(22(26)27)15-10-6-11-16-25)19-17-23(2,18-20-24)21-12-7-5-8-13-21/h21H,3-20H2,1-2H3,(H,26,27). The van der Waals surface area contributed by atoms with E-state index in [2.05, 4.69) is 13.8 Å². The van der Waals surface area contributed by atoms with Gasteiger partial charge in [-0.1, -0.05) is 71.6 Å². The van der Waals surface area contributed by atoms with Gasteiger partial charge in [-0.2, -0.15) is 0 Å². The van der Waals surface area contributed by atoms with Crippen LogP contribution in [-0.2, 0) is 4.79 Å². The second kappa shape index (κ2) is 8.87. The van der Waals surface area contributed by atoms with Crippen molar-refractivity contribution in [2.75, 3.05) is 0 Å². The number of rotatable bonds is 7. The Kier molecular flexibility index (Phi) is 6.96. The zero-order valence-corrected chi connectivity index (χ0v) is 18.2. The Hall–Kier alpha value is -0.530. The highest BCUT2D eigenvalue weighted by molar-refractivity contribution is 5.76. The van der Waals surface area contributed by atoms with Gasteiger partial charge in [0.25, 0.3) is 0 Å². The van der Waals surface area contributed by atoms with Crippen molar-refractivity contribution in [2.24, 2.45) is 22.2 Å². The van der Waals surface area contributed by atoms with Crippen LogP contribution >= 0.6 is 0 Å². The molecule has 3 aliphatic carbocycles. The van der Waals surface area contributed by atoms with Gasteiger partial charge in [-0.05, 0) is 74.5 Å². The highest BCUT2D eigenvalue weighted by atomic mass is 16.4. The van der Waals surface area contributed by atoms with Crippen molar-refractivity contribution in [3.05, 3.63) is 0 Å². The van der Waals surface area contributed by atoms with Crippen molar-refractivity contribution in [2.45, 2.75) is 129 Å². The lowest BCUT2D eigenvalue weighted by molar-refractivity contribution is -0.170.